The number of allylic oxidation sites excluding steroid dienone is 1. The van der Waals surface area contributed by atoms with Crippen molar-refractivity contribution in [2.24, 2.45) is 11.8 Å². The Balaban J connectivity index is 1.48. The first-order valence-corrected chi connectivity index (χ1v) is 12.4. The summed E-state index contributed by atoms with van der Waals surface area (Å²) in [6, 6.07) is 11.1. The maximum absolute atomic E-state index is 13.6. The lowest BCUT2D eigenvalue weighted by Crippen LogP contribution is -2.46. The molecule has 0 saturated carbocycles. The van der Waals surface area contributed by atoms with E-state index in [1.807, 2.05) is 55.5 Å². The van der Waals surface area contributed by atoms with Crippen molar-refractivity contribution in [3.8, 4) is 0 Å². The van der Waals surface area contributed by atoms with Gasteiger partial charge >= 0.3 is 0 Å². The van der Waals surface area contributed by atoms with Gasteiger partial charge in [-0.1, -0.05) is 12.2 Å². The molecule has 2 N–H and O–H groups in total. The zero-order valence-corrected chi connectivity index (χ0v) is 20.3. The van der Waals surface area contributed by atoms with Crippen LogP contribution in [0, 0.1) is 11.8 Å². The fraction of sp³-hybridized carbons (Fsp3) is 0.357. The van der Waals surface area contributed by atoms with E-state index >= 15 is 0 Å². The molecule has 4 atom stereocenters. The van der Waals surface area contributed by atoms with E-state index < -0.39 is 5.92 Å². The molecule has 1 fully saturated rings. The van der Waals surface area contributed by atoms with E-state index in [2.05, 4.69) is 20.2 Å². The standard InChI is InChI=1S/C28H31N5O3/c1-2-3-21-4-5-23-26-25(27(35)31-15-10-19-6-11-29-12-7-19)22(18-34)24(17-33(23)28(21)36)32(26)16-20-8-13-30-14-9-20/h2-9,11-14,22,24-26,34H,10,15-18H2,1H3,(H,31,35)/b3-2+/t22-,24-,25+,26+/m1/s1. The van der Waals surface area contributed by atoms with E-state index in [1.54, 1.807) is 29.4 Å². The Kier molecular flexibility index (Phi) is 7.06. The third-order valence-electron chi connectivity index (χ3n) is 7.43. The van der Waals surface area contributed by atoms with E-state index in [1.165, 1.54) is 0 Å². The third-order valence-corrected chi connectivity index (χ3v) is 7.43. The van der Waals surface area contributed by atoms with Crippen LogP contribution in [0.1, 0.15) is 35.3 Å². The van der Waals surface area contributed by atoms with Gasteiger partial charge in [-0.25, -0.2) is 0 Å². The third kappa shape index (κ3) is 4.50. The summed E-state index contributed by atoms with van der Waals surface area (Å²) in [5.41, 5.74) is 3.57. The van der Waals surface area contributed by atoms with Crippen molar-refractivity contribution >= 4 is 12.0 Å². The second kappa shape index (κ2) is 10.6. The summed E-state index contributed by atoms with van der Waals surface area (Å²) in [6.45, 7) is 3.30. The van der Waals surface area contributed by atoms with Gasteiger partial charge in [0.05, 0.1) is 12.0 Å². The highest BCUT2D eigenvalue weighted by Gasteiger charge is 2.55. The van der Waals surface area contributed by atoms with Gasteiger partial charge in [0, 0.05) is 74.2 Å². The molecule has 3 aromatic rings. The van der Waals surface area contributed by atoms with Gasteiger partial charge in [-0.05, 0) is 60.9 Å². The number of carbonyl (C=O) groups is 1. The average Bonchev–Trinajstić information content (AvgIpc) is 3.11. The van der Waals surface area contributed by atoms with Crippen molar-refractivity contribution in [1.29, 1.82) is 0 Å². The number of nitrogens with zero attached hydrogens (tertiary/aromatic N) is 4. The van der Waals surface area contributed by atoms with Gasteiger partial charge in [-0.2, -0.15) is 0 Å². The number of nitrogens with one attached hydrogen (secondary N) is 1. The Labute approximate surface area is 210 Å². The van der Waals surface area contributed by atoms with Crippen LogP contribution in [0.5, 0.6) is 0 Å². The molecule has 1 amide bonds. The van der Waals surface area contributed by atoms with Gasteiger partial charge in [0.1, 0.15) is 0 Å². The smallest absolute Gasteiger partial charge is 0.258 e. The summed E-state index contributed by atoms with van der Waals surface area (Å²) in [5, 5.41) is 13.6. The van der Waals surface area contributed by atoms with Crippen LogP contribution in [0.15, 0.2) is 72.1 Å². The molecule has 8 heteroatoms. The minimum Gasteiger partial charge on any atom is -0.396 e. The number of rotatable bonds is 8. The highest BCUT2D eigenvalue weighted by Crippen LogP contribution is 2.48. The van der Waals surface area contributed by atoms with Crippen molar-refractivity contribution in [3.05, 3.63) is 100.0 Å². The number of amides is 1. The van der Waals surface area contributed by atoms with Crippen molar-refractivity contribution in [1.82, 2.24) is 24.8 Å². The minimum atomic E-state index is -0.472. The van der Waals surface area contributed by atoms with Gasteiger partial charge in [0.15, 0.2) is 0 Å². The quantitative estimate of drug-likeness (QED) is 0.507. The van der Waals surface area contributed by atoms with E-state index in [0.29, 0.717) is 31.6 Å². The molecule has 5 rings (SSSR count). The maximum atomic E-state index is 13.6. The number of aliphatic hydroxyl groups is 1. The first kappa shape index (κ1) is 24.1. The molecule has 8 nitrogen and oxygen atoms in total. The molecular formula is C28H31N5O3. The SMILES string of the molecule is C/C=C/c1ccc2n(c1=O)C[C@@H]1[C@@H](CO)[C@H](C(=O)NCCc3ccncc3)[C@H]2N1Cc1ccncc1. The Bertz CT molecular complexity index is 1290. The van der Waals surface area contributed by atoms with Gasteiger partial charge in [0.2, 0.25) is 5.91 Å². The van der Waals surface area contributed by atoms with Crippen molar-refractivity contribution < 1.29 is 9.90 Å². The molecule has 36 heavy (non-hydrogen) atoms. The summed E-state index contributed by atoms with van der Waals surface area (Å²) in [7, 11) is 0. The molecule has 0 spiro atoms. The molecule has 0 aliphatic carbocycles. The van der Waals surface area contributed by atoms with Gasteiger partial charge in [0.25, 0.3) is 5.56 Å². The highest BCUT2D eigenvalue weighted by molar-refractivity contribution is 5.80. The Morgan fingerprint density at radius 2 is 1.78 bits per heavy atom. The Morgan fingerprint density at radius 1 is 1.08 bits per heavy atom. The summed E-state index contributed by atoms with van der Waals surface area (Å²) < 4.78 is 1.81. The molecule has 3 aromatic heterocycles. The van der Waals surface area contributed by atoms with Crippen LogP contribution < -0.4 is 10.9 Å². The lowest BCUT2D eigenvalue weighted by molar-refractivity contribution is -0.127. The predicted molar refractivity (Wildman–Crippen MR) is 137 cm³/mol. The number of pyridine rings is 3. The fourth-order valence-electron chi connectivity index (χ4n) is 5.76. The zero-order chi connectivity index (χ0) is 25.1. The van der Waals surface area contributed by atoms with Gasteiger partial charge in [-0.3, -0.25) is 24.5 Å². The number of aliphatic hydroxyl groups excluding tert-OH is 1. The normalized spacial score (nSPS) is 23.1. The second-order valence-electron chi connectivity index (χ2n) is 9.44. The minimum absolute atomic E-state index is 0.0559. The molecule has 0 aromatic carbocycles. The first-order valence-electron chi connectivity index (χ1n) is 12.4. The zero-order valence-electron chi connectivity index (χ0n) is 20.3. The second-order valence-corrected chi connectivity index (χ2v) is 9.44. The summed E-state index contributed by atoms with van der Waals surface area (Å²) in [6.07, 6.45) is 11.4. The molecule has 0 unspecified atom stereocenters. The molecular weight excluding hydrogens is 454 g/mol. The summed E-state index contributed by atoms with van der Waals surface area (Å²) >= 11 is 0. The number of aromatic nitrogens is 3. The van der Waals surface area contributed by atoms with Crippen LogP contribution in [-0.2, 0) is 24.3 Å². The van der Waals surface area contributed by atoms with Crippen LogP contribution in [0.2, 0.25) is 0 Å². The largest absolute Gasteiger partial charge is 0.396 e. The molecule has 5 heterocycles. The summed E-state index contributed by atoms with van der Waals surface area (Å²) in [4.78, 5) is 37.4. The highest BCUT2D eigenvalue weighted by atomic mass is 16.3. The number of fused-ring (bicyclic) bond motifs is 4. The Morgan fingerprint density at radius 3 is 2.44 bits per heavy atom. The van der Waals surface area contributed by atoms with Crippen LogP contribution >= 0.6 is 0 Å². The fourth-order valence-corrected chi connectivity index (χ4v) is 5.76. The predicted octanol–water partition coefficient (Wildman–Crippen LogP) is 2.19. The molecule has 2 aliphatic heterocycles. The summed E-state index contributed by atoms with van der Waals surface area (Å²) in [5.74, 6) is -0.851. The van der Waals surface area contributed by atoms with Crippen molar-refractivity contribution in [2.75, 3.05) is 13.2 Å². The van der Waals surface area contributed by atoms with E-state index in [9.17, 15) is 14.7 Å². The average molecular weight is 486 g/mol. The molecule has 2 bridgehead atoms. The van der Waals surface area contributed by atoms with Crippen LogP contribution in [0.3, 0.4) is 0 Å². The van der Waals surface area contributed by atoms with Crippen LogP contribution in [0.25, 0.3) is 6.08 Å². The van der Waals surface area contributed by atoms with Crippen molar-refractivity contribution in [2.45, 2.75) is 38.5 Å². The molecule has 1 saturated heterocycles. The van der Waals surface area contributed by atoms with Crippen LogP contribution in [-0.4, -0.2) is 49.6 Å². The van der Waals surface area contributed by atoms with E-state index in [-0.39, 0.29) is 36.1 Å². The lowest BCUT2D eigenvalue weighted by Gasteiger charge is -2.38. The monoisotopic (exact) mass is 485 g/mol. The first-order chi connectivity index (χ1) is 17.6. The number of carbonyl (C=O) groups excluding carboxylic acids is 1. The lowest BCUT2D eigenvalue weighted by atomic mass is 9.86. The molecule has 2 aliphatic rings. The number of hydrogen-bond donors (Lipinski definition) is 2. The van der Waals surface area contributed by atoms with Gasteiger partial charge < -0.3 is 15.0 Å². The molecule has 0 radical (unpaired) electrons. The Hall–Kier alpha value is -3.62. The topological polar surface area (TPSA) is 100 Å². The van der Waals surface area contributed by atoms with E-state index in [0.717, 1.165) is 16.8 Å². The molecule has 186 valence electrons. The van der Waals surface area contributed by atoms with Gasteiger partial charge in [-0.15, -0.1) is 0 Å². The van der Waals surface area contributed by atoms with Crippen molar-refractivity contribution in [3.63, 3.8) is 0 Å². The number of hydrogen-bond acceptors (Lipinski definition) is 6. The van der Waals surface area contributed by atoms with E-state index in [4.69, 9.17) is 0 Å². The van der Waals surface area contributed by atoms with Crippen LogP contribution in [0.4, 0.5) is 0 Å². The maximum Gasteiger partial charge on any atom is 0.258 e.